The van der Waals surface area contributed by atoms with E-state index in [1.54, 1.807) is 12.1 Å². The molecule has 238 valence electrons. The first-order chi connectivity index (χ1) is 20.2. The molecule has 0 saturated heterocycles. The number of hydrogen-bond donors (Lipinski definition) is 1. The van der Waals surface area contributed by atoms with Crippen LogP contribution in [0.2, 0.25) is 0 Å². The highest BCUT2D eigenvalue weighted by Gasteiger charge is 2.06. The van der Waals surface area contributed by atoms with Gasteiger partial charge in [-0.25, -0.2) is 0 Å². The third-order valence-corrected chi connectivity index (χ3v) is 8.38. The van der Waals surface area contributed by atoms with Crippen molar-refractivity contribution in [1.82, 2.24) is 0 Å². The van der Waals surface area contributed by atoms with Crippen molar-refractivity contribution in [2.75, 3.05) is 13.7 Å². The minimum absolute atomic E-state index is 0.107. The Bertz CT molecular complexity index is 717. The molecule has 0 bridgehead atoms. The lowest BCUT2D eigenvalue weighted by Crippen LogP contribution is -2.07. The molecular weight excluding hydrogens is 508 g/mol. The van der Waals surface area contributed by atoms with Crippen LogP contribution in [0.5, 0.6) is 11.5 Å². The number of rotatable bonds is 30. The summed E-state index contributed by atoms with van der Waals surface area (Å²) < 4.78 is 10.5. The van der Waals surface area contributed by atoms with Crippen molar-refractivity contribution >= 4 is 5.97 Å². The molecule has 4 nitrogen and oxygen atoms in total. The van der Waals surface area contributed by atoms with Crippen LogP contribution in [0.4, 0.5) is 0 Å². The minimum Gasteiger partial charge on any atom is -0.504 e. The Balaban J connectivity index is 1.73. The minimum atomic E-state index is -0.107. The molecule has 0 aromatic heterocycles. The van der Waals surface area contributed by atoms with E-state index in [1.807, 2.05) is 6.07 Å². The number of carbonyl (C=O) groups excluding carboxylic acids is 1. The molecule has 0 aliphatic heterocycles. The Labute approximate surface area is 254 Å². The Kier molecular flexibility index (Phi) is 25.9. The predicted molar refractivity (Wildman–Crippen MR) is 175 cm³/mol. The van der Waals surface area contributed by atoms with E-state index in [9.17, 15) is 9.90 Å². The van der Waals surface area contributed by atoms with E-state index in [0.717, 1.165) is 18.4 Å². The zero-order valence-corrected chi connectivity index (χ0v) is 27.2. The molecule has 0 unspecified atom stereocenters. The summed E-state index contributed by atoms with van der Waals surface area (Å²) >= 11 is 0. The van der Waals surface area contributed by atoms with Gasteiger partial charge in [0.1, 0.15) is 0 Å². The monoisotopic (exact) mass is 574 g/mol. The maximum Gasteiger partial charge on any atom is 0.305 e. The number of methoxy groups -OCH3 is 1. The largest absolute Gasteiger partial charge is 0.504 e. The first-order valence-corrected chi connectivity index (χ1v) is 17.7. The molecule has 1 rings (SSSR count). The SMILES string of the molecule is CCCCCCCCCCCCCCCCCCCCCCCCCCCC(=O)OCCc1ccc(O)c(OC)c1. The smallest absolute Gasteiger partial charge is 0.305 e. The van der Waals surface area contributed by atoms with E-state index in [-0.39, 0.29) is 11.7 Å². The molecule has 0 amide bonds. The number of aromatic hydroxyl groups is 1. The molecule has 0 saturated carbocycles. The molecule has 0 aliphatic carbocycles. The predicted octanol–water partition coefficient (Wildman–Crippen LogP) is 11.6. The molecule has 0 fully saturated rings. The van der Waals surface area contributed by atoms with Crippen LogP contribution in [0.15, 0.2) is 18.2 Å². The molecule has 0 radical (unpaired) electrons. The van der Waals surface area contributed by atoms with E-state index in [2.05, 4.69) is 6.92 Å². The fraction of sp³-hybridized carbons (Fsp3) is 0.811. The van der Waals surface area contributed by atoms with Crippen LogP contribution >= 0.6 is 0 Å². The Morgan fingerprint density at radius 1 is 0.610 bits per heavy atom. The van der Waals surface area contributed by atoms with Crippen molar-refractivity contribution in [1.29, 1.82) is 0 Å². The van der Waals surface area contributed by atoms with Gasteiger partial charge < -0.3 is 14.6 Å². The van der Waals surface area contributed by atoms with Gasteiger partial charge in [-0.2, -0.15) is 0 Å². The second-order valence-corrected chi connectivity index (χ2v) is 12.2. The highest BCUT2D eigenvalue weighted by Crippen LogP contribution is 2.26. The zero-order chi connectivity index (χ0) is 29.6. The maximum atomic E-state index is 12.0. The van der Waals surface area contributed by atoms with Gasteiger partial charge in [0.25, 0.3) is 0 Å². The molecule has 0 atom stereocenters. The standard InChI is InChI=1S/C37H66O4/c1-3-4-5-6-7-8-9-10-11-12-13-14-15-16-17-18-19-20-21-22-23-24-25-26-27-28-37(39)41-32-31-34-29-30-35(38)36(33-34)40-2/h29-30,33,38H,3-28,31-32H2,1-2H3. The molecular formula is C37H66O4. The van der Waals surface area contributed by atoms with Crippen LogP contribution in [0, 0.1) is 0 Å². The summed E-state index contributed by atoms with van der Waals surface area (Å²) in [5.41, 5.74) is 0.984. The van der Waals surface area contributed by atoms with E-state index < -0.39 is 0 Å². The van der Waals surface area contributed by atoms with Gasteiger partial charge in [0, 0.05) is 12.8 Å². The van der Waals surface area contributed by atoms with Gasteiger partial charge in [-0.3, -0.25) is 4.79 Å². The van der Waals surface area contributed by atoms with Gasteiger partial charge in [0.15, 0.2) is 11.5 Å². The first-order valence-electron chi connectivity index (χ1n) is 17.7. The number of esters is 1. The number of ether oxygens (including phenoxy) is 2. The average Bonchev–Trinajstić information content (AvgIpc) is 2.98. The number of unbranched alkanes of at least 4 members (excludes halogenated alkanes) is 24. The molecule has 41 heavy (non-hydrogen) atoms. The summed E-state index contributed by atoms with van der Waals surface area (Å²) in [6, 6.07) is 5.22. The van der Waals surface area contributed by atoms with Crippen molar-refractivity contribution in [3.05, 3.63) is 23.8 Å². The average molecular weight is 575 g/mol. The van der Waals surface area contributed by atoms with Crippen LogP contribution in [0.3, 0.4) is 0 Å². The van der Waals surface area contributed by atoms with Gasteiger partial charge in [-0.05, 0) is 24.1 Å². The summed E-state index contributed by atoms with van der Waals surface area (Å²) in [6.45, 7) is 2.66. The fourth-order valence-electron chi connectivity index (χ4n) is 5.64. The lowest BCUT2D eigenvalue weighted by atomic mass is 10.0. The van der Waals surface area contributed by atoms with Crippen LogP contribution < -0.4 is 4.74 Å². The lowest BCUT2D eigenvalue weighted by molar-refractivity contribution is -0.143. The van der Waals surface area contributed by atoms with Gasteiger partial charge in [-0.1, -0.05) is 167 Å². The van der Waals surface area contributed by atoms with Crippen molar-refractivity contribution < 1.29 is 19.4 Å². The Morgan fingerprint density at radius 3 is 1.39 bits per heavy atom. The topological polar surface area (TPSA) is 55.8 Å². The number of phenols is 1. The number of benzene rings is 1. The van der Waals surface area contributed by atoms with Crippen molar-refractivity contribution in [2.45, 2.75) is 180 Å². The van der Waals surface area contributed by atoms with E-state index in [1.165, 1.54) is 155 Å². The second kappa shape index (κ2) is 28.4. The summed E-state index contributed by atoms with van der Waals surface area (Å²) in [7, 11) is 1.53. The van der Waals surface area contributed by atoms with Crippen molar-refractivity contribution in [3.8, 4) is 11.5 Å². The number of hydrogen-bond acceptors (Lipinski definition) is 4. The van der Waals surface area contributed by atoms with Crippen LogP contribution in [0.1, 0.15) is 179 Å². The van der Waals surface area contributed by atoms with Crippen molar-refractivity contribution in [2.24, 2.45) is 0 Å². The third kappa shape index (κ3) is 23.5. The molecule has 0 aliphatic rings. The van der Waals surface area contributed by atoms with E-state index in [4.69, 9.17) is 9.47 Å². The molecule has 1 aromatic rings. The summed E-state index contributed by atoms with van der Waals surface area (Å²) in [6.07, 6.45) is 35.7. The highest BCUT2D eigenvalue weighted by atomic mass is 16.5. The Hall–Kier alpha value is -1.71. The zero-order valence-electron chi connectivity index (χ0n) is 27.2. The first kappa shape index (κ1) is 37.3. The molecule has 1 N–H and O–H groups in total. The number of phenolic OH excluding ortho intramolecular Hbond substituents is 1. The van der Waals surface area contributed by atoms with Crippen LogP contribution in [0.25, 0.3) is 0 Å². The molecule has 4 heteroatoms. The van der Waals surface area contributed by atoms with Gasteiger partial charge in [0.2, 0.25) is 0 Å². The molecule has 0 spiro atoms. The third-order valence-electron chi connectivity index (χ3n) is 8.38. The number of carbonyl (C=O) groups is 1. The summed E-state index contributed by atoms with van der Waals surface area (Å²) in [4.78, 5) is 12.0. The second-order valence-electron chi connectivity index (χ2n) is 12.2. The Morgan fingerprint density at radius 2 is 1.00 bits per heavy atom. The van der Waals surface area contributed by atoms with Crippen molar-refractivity contribution in [3.63, 3.8) is 0 Å². The maximum absolute atomic E-state index is 12.0. The van der Waals surface area contributed by atoms with E-state index >= 15 is 0 Å². The van der Waals surface area contributed by atoms with Gasteiger partial charge in [-0.15, -0.1) is 0 Å². The van der Waals surface area contributed by atoms with Gasteiger partial charge in [0.05, 0.1) is 13.7 Å². The fourth-order valence-corrected chi connectivity index (χ4v) is 5.64. The lowest BCUT2D eigenvalue weighted by Gasteiger charge is -2.08. The molecule has 1 aromatic carbocycles. The normalized spacial score (nSPS) is 11.2. The quantitative estimate of drug-likeness (QED) is 0.0733. The van der Waals surface area contributed by atoms with Crippen LogP contribution in [-0.4, -0.2) is 24.8 Å². The van der Waals surface area contributed by atoms with Gasteiger partial charge >= 0.3 is 5.97 Å². The molecule has 0 heterocycles. The van der Waals surface area contributed by atoms with Crippen LogP contribution in [-0.2, 0) is 16.0 Å². The summed E-state index contributed by atoms with van der Waals surface area (Å²) in [5, 5.41) is 9.65. The summed E-state index contributed by atoms with van der Waals surface area (Å²) in [5.74, 6) is 0.466. The van der Waals surface area contributed by atoms with E-state index in [0.29, 0.717) is 25.2 Å². The highest BCUT2D eigenvalue weighted by molar-refractivity contribution is 5.69.